The monoisotopic (exact) mass is 356 g/mol. The molecule has 1 amide bonds. The maximum Gasteiger partial charge on any atom is 0.232 e. The minimum Gasteiger partial charge on any atom is -0.470 e. The number of likely N-dealkylation sites (tertiary alicyclic amines) is 1. The zero-order valence-electron chi connectivity index (χ0n) is 16.5. The molecule has 0 radical (unpaired) electrons. The number of hydrogen-bond donors (Lipinski definition) is 0. The molecule has 1 aromatic rings. The van der Waals surface area contributed by atoms with Crippen LogP contribution in [0.2, 0.25) is 0 Å². The molecule has 0 aliphatic carbocycles. The first-order chi connectivity index (χ1) is 12.5. The molecule has 0 bridgehead atoms. The summed E-state index contributed by atoms with van der Waals surface area (Å²) in [5, 5.41) is 0. The number of hydrogen-bond acceptors (Lipinski definition) is 3. The molecule has 0 saturated carbocycles. The zero-order chi connectivity index (χ0) is 18.3. The Morgan fingerprint density at radius 3 is 2.73 bits per heavy atom. The fourth-order valence-electron chi connectivity index (χ4n) is 5.00. The molecule has 4 nitrogen and oxygen atoms in total. The van der Waals surface area contributed by atoms with Gasteiger partial charge in [0, 0.05) is 12.0 Å². The fraction of sp³-hybridized carbons (Fsp3) is 0.682. The molecular formula is C22H32N2O2. The van der Waals surface area contributed by atoms with Crippen LogP contribution in [0.25, 0.3) is 0 Å². The Hall–Kier alpha value is -1.55. The number of rotatable bonds is 4. The molecule has 3 aliphatic heterocycles. The third-order valence-corrected chi connectivity index (χ3v) is 6.82. The molecule has 1 aromatic carbocycles. The summed E-state index contributed by atoms with van der Waals surface area (Å²) in [5.74, 6) is 1.60. The number of ether oxygens (including phenoxy) is 1. The van der Waals surface area contributed by atoms with Crippen molar-refractivity contribution in [2.24, 2.45) is 11.3 Å². The standard InChI is InChI=1S/C22H32N2O2/c1-16(2)22(9-12-23-10-5-4-6-11-23)14-20-24(21(22)25)15-18-13-17(3)7-8-19(18)26-20/h7-8,13,16,20H,4-6,9-12,14-15H2,1-3H3. The average Bonchev–Trinajstić information content (AvgIpc) is 2.92. The number of fused-ring (bicyclic) bond motifs is 2. The number of nitrogens with zero attached hydrogens (tertiary/aromatic N) is 2. The van der Waals surface area contributed by atoms with Crippen molar-refractivity contribution in [2.75, 3.05) is 19.6 Å². The van der Waals surface area contributed by atoms with E-state index in [1.54, 1.807) is 0 Å². The maximum absolute atomic E-state index is 13.5. The molecule has 26 heavy (non-hydrogen) atoms. The summed E-state index contributed by atoms with van der Waals surface area (Å²) < 4.78 is 6.27. The predicted octanol–water partition coefficient (Wildman–Crippen LogP) is 3.96. The summed E-state index contributed by atoms with van der Waals surface area (Å²) in [4.78, 5) is 18.0. The minimum atomic E-state index is -0.279. The van der Waals surface area contributed by atoms with Crippen molar-refractivity contribution in [3.8, 4) is 5.75 Å². The Balaban J connectivity index is 1.53. The highest BCUT2D eigenvalue weighted by Gasteiger charge is 2.55. The van der Waals surface area contributed by atoms with Crippen LogP contribution in [0.4, 0.5) is 0 Å². The Morgan fingerprint density at radius 2 is 2.00 bits per heavy atom. The van der Waals surface area contributed by atoms with Crippen LogP contribution < -0.4 is 4.74 Å². The lowest BCUT2D eigenvalue weighted by molar-refractivity contribution is -0.142. The number of benzene rings is 1. The van der Waals surface area contributed by atoms with E-state index in [1.807, 2.05) is 4.90 Å². The van der Waals surface area contributed by atoms with Gasteiger partial charge in [0.2, 0.25) is 5.91 Å². The number of amides is 1. The maximum atomic E-state index is 13.5. The van der Waals surface area contributed by atoms with Crippen molar-refractivity contribution in [1.29, 1.82) is 0 Å². The van der Waals surface area contributed by atoms with E-state index in [4.69, 9.17) is 4.74 Å². The van der Waals surface area contributed by atoms with Gasteiger partial charge in [-0.15, -0.1) is 0 Å². The second kappa shape index (κ2) is 6.88. The Labute approximate surface area is 157 Å². The van der Waals surface area contributed by atoms with Gasteiger partial charge >= 0.3 is 0 Å². The molecule has 4 heteroatoms. The summed E-state index contributed by atoms with van der Waals surface area (Å²) in [6, 6.07) is 6.31. The summed E-state index contributed by atoms with van der Waals surface area (Å²) in [6.45, 7) is 10.6. The van der Waals surface area contributed by atoms with E-state index in [1.165, 1.54) is 37.9 Å². The molecule has 4 rings (SSSR count). The third-order valence-electron chi connectivity index (χ3n) is 6.82. The van der Waals surface area contributed by atoms with Gasteiger partial charge in [-0.2, -0.15) is 0 Å². The van der Waals surface area contributed by atoms with E-state index in [2.05, 4.69) is 43.9 Å². The van der Waals surface area contributed by atoms with Gasteiger partial charge in [0.15, 0.2) is 6.23 Å². The smallest absolute Gasteiger partial charge is 0.232 e. The highest BCUT2D eigenvalue weighted by Crippen LogP contribution is 2.48. The van der Waals surface area contributed by atoms with Gasteiger partial charge in [0.1, 0.15) is 5.75 Å². The van der Waals surface area contributed by atoms with Gasteiger partial charge in [0.25, 0.3) is 0 Å². The average molecular weight is 357 g/mol. The van der Waals surface area contributed by atoms with Crippen molar-refractivity contribution < 1.29 is 9.53 Å². The largest absolute Gasteiger partial charge is 0.470 e. The molecule has 142 valence electrons. The van der Waals surface area contributed by atoms with E-state index in [0.29, 0.717) is 18.4 Å². The molecule has 2 unspecified atom stereocenters. The van der Waals surface area contributed by atoms with Gasteiger partial charge < -0.3 is 14.5 Å². The van der Waals surface area contributed by atoms with E-state index in [9.17, 15) is 4.79 Å². The second-order valence-corrected chi connectivity index (χ2v) is 8.78. The molecule has 2 atom stereocenters. The van der Waals surface area contributed by atoms with Gasteiger partial charge in [-0.1, -0.05) is 38.0 Å². The number of carbonyl (C=O) groups excluding carboxylic acids is 1. The van der Waals surface area contributed by atoms with E-state index < -0.39 is 0 Å². The number of aryl methyl sites for hydroxylation is 1. The second-order valence-electron chi connectivity index (χ2n) is 8.78. The highest BCUT2D eigenvalue weighted by atomic mass is 16.5. The van der Waals surface area contributed by atoms with Crippen LogP contribution in [0.1, 0.15) is 57.1 Å². The number of piperidine rings is 1. The van der Waals surface area contributed by atoms with Crippen LogP contribution in [0.5, 0.6) is 5.75 Å². The predicted molar refractivity (Wildman–Crippen MR) is 103 cm³/mol. The Kier molecular flexibility index (Phi) is 4.72. The molecule has 0 N–H and O–H groups in total. The van der Waals surface area contributed by atoms with Crippen LogP contribution in [-0.2, 0) is 11.3 Å². The van der Waals surface area contributed by atoms with Crippen molar-refractivity contribution >= 4 is 5.91 Å². The first kappa shape index (κ1) is 17.8. The highest BCUT2D eigenvalue weighted by molar-refractivity contribution is 5.86. The van der Waals surface area contributed by atoms with Gasteiger partial charge in [-0.3, -0.25) is 4.79 Å². The normalized spacial score (nSPS) is 28.8. The number of carbonyl (C=O) groups is 1. The lowest BCUT2D eigenvalue weighted by Gasteiger charge is -2.35. The third kappa shape index (κ3) is 3.02. The first-order valence-corrected chi connectivity index (χ1v) is 10.3. The van der Waals surface area contributed by atoms with Gasteiger partial charge in [-0.05, 0) is 57.8 Å². The summed E-state index contributed by atoms with van der Waals surface area (Å²) in [5.41, 5.74) is 2.09. The minimum absolute atomic E-state index is 0.0959. The van der Waals surface area contributed by atoms with Crippen molar-refractivity contribution in [3.05, 3.63) is 29.3 Å². The van der Waals surface area contributed by atoms with Crippen LogP contribution in [0, 0.1) is 18.3 Å². The first-order valence-electron chi connectivity index (χ1n) is 10.3. The van der Waals surface area contributed by atoms with Gasteiger partial charge in [0.05, 0.1) is 12.0 Å². The molecule has 0 aromatic heterocycles. The summed E-state index contributed by atoms with van der Waals surface area (Å²) >= 11 is 0. The van der Waals surface area contributed by atoms with Crippen molar-refractivity contribution in [1.82, 2.24) is 9.80 Å². The SMILES string of the molecule is Cc1ccc2c(c1)CN1C(=O)C(CCN3CCCCC3)(C(C)C)CC1O2. The van der Waals surface area contributed by atoms with E-state index >= 15 is 0 Å². The van der Waals surface area contributed by atoms with Crippen LogP contribution >= 0.6 is 0 Å². The van der Waals surface area contributed by atoms with Crippen LogP contribution in [0.3, 0.4) is 0 Å². The molecule has 0 spiro atoms. The molecule has 2 fully saturated rings. The molecular weight excluding hydrogens is 324 g/mol. The van der Waals surface area contributed by atoms with Gasteiger partial charge in [-0.25, -0.2) is 0 Å². The van der Waals surface area contributed by atoms with Crippen LogP contribution in [-0.4, -0.2) is 41.6 Å². The quantitative estimate of drug-likeness (QED) is 0.818. The van der Waals surface area contributed by atoms with Crippen molar-refractivity contribution in [3.63, 3.8) is 0 Å². The lowest BCUT2D eigenvalue weighted by Crippen LogP contribution is -2.43. The lowest BCUT2D eigenvalue weighted by atomic mass is 9.72. The Morgan fingerprint density at radius 1 is 1.23 bits per heavy atom. The molecule has 3 aliphatic rings. The summed E-state index contributed by atoms with van der Waals surface area (Å²) in [7, 11) is 0. The van der Waals surface area contributed by atoms with Crippen molar-refractivity contribution in [2.45, 2.75) is 65.6 Å². The van der Waals surface area contributed by atoms with E-state index in [0.717, 1.165) is 30.7 Å². The fourth-order valence-corrected chi connectivity index (χ4v) is 5.00. The Bertz CT molecular complexity index is 681. The zero-order valence-corrected chi connectivity index (χ0v) is 16.5. The van der Waals surface area contributed by atoms with E-state index in [-0.39, 0.29) is 11.6 Å². The summed E-state index contributed by atoms with van der Waals surface area (Å²) in [6.07, 6.45) is 5.64. The molecule has 3 heterocycles. The topological polar surface area (TPSA) is 32.8 Å². The van der Waals surface area contributed by atoms with Crippen LogP contribution in [0.15, 0.2) is 18.2 Å². The molecule has 2 saturated heterocycles.